The van der Waals surface area contributed by atoms with Gasteiger partial charge in [0.05, 0.1) is 12.5 Å². The van der Waals surface area contributed by atoms with Gasteiger partial charge < -0.3 is 15.9 Å². The number of amides is 2. The smallest absolute Gasteiger partial charge is 0.318 e. The number of thioether (sulfide) groups is 1. The number of primary amides is 1. The van der Waals surface area contributed by atoms with E-state index in [2.05, 4.69) is 4.98 Å². The molecule has 1 aliphatic heterocycles. The molecular weight excluding hydrogens is 362 g/mol. The Morgan fingerprint density at radius 3 is 2.68 bits per heavy atom. The molecule has 2 aromatic rings. The predicted octanol–water partition coefficient (Wildman–Crippen LogP) is 2.26. The molecule has 1 aliphatic rings. The van der Waals surface area contributed by atoms with Gasteiger partial charge in [-0.3, -0.25) is 4.79 Å². The number of phenols is 2. The van der Waals surface area contributed by atoms with Crippen molar-refractivity contribution in [1.82, 2.24) is 9.47 Å². The Balaban J connectivity index is 2.20. The first-order valence-electron chi connectivity index (χ1n) is 7.57. The van der Waals surface area contributed by atoms with Gasteiger partial charge in [0.15, 0.2) is 5.37 Å². The van der Waals surface area contributed by atoms with Gasteiger partial charge in [0.25, 0.3) is 11.0 Å². The van der Waals surface area contributed by atoms with E-state index in [1.54, 1.807) is 6.92 Å². The number of hydrogen-bond donors (Lipinski definition) is 3. The monoisotopic (exact) mass is 380 g/mol. The van der Waals surface area contributed by atoms with Crippen molar-refractivity contribution in [1.29, 1.82) is 0 Å². The molecule has 25 heavy (non-hydrogen) atoms. The normalized spacial score (nSPS) is 22.9. The van der Waals surface area contributed by atoms with E-state index in [0.29, 0.717) is 27.9 Å². The summed E-state index contributed by atoms with van der Waals surface area (Å²) in [4.78, 5) is 29.3. The van der Waals surface area contributed by atoms with Gasteiger partial charge in [-0.05, 0) is 25.1 Å². The molecule has 2 amide bonds. The number of aromatic hydroxyl groups is 2. The van der Waals surface area contributed by atoms with Crippen LogP contribution in [-0.4, -0.2) is 39.3 Å². The molecular formula is C16H18N3O4S2+. The Morgan fingerprint density at radius 1 is 1.36 bits per heavy atom. The van der Waals surface area contributed by atoms with E-state index in [-0.39, 0.29) is 27.6 Å². The van der Waals surface area contributed by atoms with Crippen LogP contribution < -0.4 is 10.2 Å². The Bertz CT molecular complexity index is 867. The Kier molecular flexibility index (Phi) is 4.48. The average molecular weight is 380 g/mol. The first-order chi connectivity index (χ1) is 11.8. The number of quaternary nitrogens is 1. The van der Waals surface area contributed by atoms with Crippen molar-refractivity contribution in [2.24, 2.45) is 5.73 Å². The predicted molar refractivity (Wildman–Crippen MR) is 97.7 cm³/mol. The standard InChI is InChI=1S/C16H17N3O4S2/c1-8-13(14(17)23)18-16(25-8)19(9(2)20)5-6-24-15(19)11-7-10(21)3-4-12(11)22/h3-4,7,15H,5-6H2,1-2H3,(H3-,17,21,22,23)/p+1. The number of carbonyl (C=O) groups excluding carboxylic acids is 2. The fourth-order valence-electron chi connectivity index (χ4n) is 3.05. The number of carbonyl (C=O) groups is 2. The summed E-state index contributed by atoms with van der Waals surface area (Å²) in [6, 6.07) is 4.25. The molecule has 0 aliphatic carbocycles. The largest absolute Gasteiger partial charge is 0.508 e. The lowest BCUT2D eigenvalue weighted by molar-refractivity contribution is -0.128. The summed E-state index contributed by atoms with van der Waals surface area (Å²) in [6.07, 6.45) is 0. The summed E-state index contributed by atoms with van der Waals surface area (Å²) in [6.45, 7) is 3.69. The van der Waals surface area contributed by atoms with E-state index in [0.717, 1.165) is 0 Å². The summed E-state index contributed by atoms with van der Waals surface area (Å²) in [7, 11) is 0. The first kappa shape index (κ1) is 17.7. The van der Waals surface area contributed by atoms with Crippen molar-refractivity contribution in [3.63, 3.8) is 0 Å². The van der Waals surface area contributed by atoms with Crippen molar-refractivity contribution >= 4 is 40.0 Å². The molecule has 1 saturated heterocycles. The third-order valence-electron chi connectivity index (χ3n) is 4.32. The van der Waals surface area contributed by atoms with Crippen LogP contribution in [0.1, 0.15) is 33.2 Å². The van der Waals surface area contributed by atoms with Gasteiger partial charge in [-0.15, -0.1) is 0 Å². The molecule has 0 spiro atoms. The minimum absolute atomic E-state index is 0.00403. The second-order valence-electron chi connectivity index (χ2n) is 5.84. The highest BCUT2D eigenvalue weighted by Gasteiger charge is 2.53. The number of rotatable bonds is 3. The van der Waals surface area contributed by atoms with Crippen molar-refractivity contribution in [3.05, 3.63) is 34.3 Å². The highest BCUT2D eigenvalue weighted by molar-refractivity contribution is 7.99. The maximum atomic E-state index is 12.7. The van der Waals surface area contributed by atoms with E-state index < -0.39 is 11.3 Å². The number of nitrogens with zero attached hydrogens (tertiary/aromatic N) is 2. The maximum Gasteiger partial charge on any atom is 0.318 e. The van der Waals surface area contributed by atoms with Crippen molar-refractivity contribution in [3.8, 4) is 11.5 Å². The molecule has 0 bridgehead atoms. The molecule has 1 aromatic heterocycles. The number of aromatic nitrogens is 1. The zero-order valence-corrected chi connectivity index (χ0v) is 15.4. The molecule has 132 valence electrons. The van der Waals surface area contributed by atoms with Crippen LogP contribution in [0, 0.1) is 6.92 Å². The summed E-state index contributed by atoms with van der Waals surface area (Å²) in [5.74, 6) is -0.101. The number of hydrogen-bond acceptors (Lipinski definition) is 7. The zero-order valence-electron chi connectivity index (χ0n) is 13.7. The van der Waals surface area contributed by atoms with Crippen LogP contribution in [0.5, 0.6) is 11.5 Å². The van der Waals surface area contributed by atoms with Crippen molar-refractivity contribution in [2.75, 3.05) is 12.3 Å². The Labute approximate surface area is 152 Å². The summed E-state index contributed by atoms with van der Waals surface area (Å²) in [5, 5.41) is 20.1. The molecule has 7 nitrogen and oxygen atoms in total. The topological polar surface area (TPSA) is 114 Å². The molecule has 4 N–H and O–H groups in total. The third kappa shape index (κ3) is 2.78. The SMILES string of the molecule is CC(=O)[N+]1(c2nc(C(N)=O)c(C)s2)CCSC1c1cc(O)ccc1O. The highest BCUT2D eigenvalue weighted by atomic mass is 32.2. The molecule has 3 rings (SSSR count). The van der Waals surface area contributed by atoms with Gasteiger partial charge in [-0.2, -0.15) is 9.47 Å². The second kappa shape index (κ2) is 6.32. The number of thiazole rings is 1. The zero-order chi connectivity index (χ0) is 18.4. The van der Waals surface area contributed by atoms with E-state index in [4.69, 9.17) is 5.73 Å². The molecule has 0 radical (unpaired) electrons. The number of benzene rings is 1. The lowest BCUT2D eigenvalue weighted by atomic mass is 10.1. The van der Waals surface area contributed by atoms with Gasteiger partial charge >= 0.3 is 5.91 Å². The molecule has 1 aromatic carbocycles. The summed E-state index contributed by atoms with van der Waals surface area (Å²) < 4.78 is -0.125. The van der Waals surface area contributed by atoms with Crippen LogP contribution in [0.3, 0.4) is 0 Å². The first-order valence-corrected chi connectivity index (χ1v) is 9.44. The lowest BCUT2D eigenvalue weighted by Gasteiger charge is -2.32. The van der Waals surface area contributed by atoms with Gasteiger partial charge in [0, 0.05) is 10.6 Å². The summed E-state index contributed by atoms with van der Waals surface area (Å²) >= 11 is 2.76. The van der Waals surface area contributed by atoms with Gasteiger partial charge in [0.1, 0.15) is 23.7 Å². The van der Waals surface area contributed by atoms with Gasteiger partial charge in [-0.25, -0.2) is 4.79 Å². The number of phenolic OH excluding ortho intramolecular Hbond substituents is 2. The molecule has 2 atom stereocenters. The fourth-order valence-corrected chi connectivity index (χ4v) is 5.86. The van der Waals surface area contributed by atoms with Crippen LogP contribution in [0.25, 0.3) is 0 Å². The van der Waals surface area contributed by atoms with Crippen LogP contribution in [-0.2, 0) is 4.79 Å². The fraction of sp³-hybridized carbons (Fsp3) is 0.312. The van der Waals surface area contributed by atoms with E-state index >= 15 is 0 Å². The minimum atomic E-state index is -0.634. The average Bonchev–Trinajstić information content (AvgIpc) is 3.14. The van der Waals surface area contributed by atoms with Crippen LogP contribution in [0.2, 0.25) is 0 Å². The number of nitrogens with two attached hydrogens (primary N) is 1. The van der Waals surface area contributed by atoms with Gasteiger partial charge in [0.2, 0.25) is 0 Å². The molecule has 9 heteroatoms. The Morgan fingerprint density at radius 2 is 2.08 bits per heavy atom. The van der Waals surface area contributed by atoms with Crippen LogP contribution in [0.4, 0.5) is 5.13 Å². The highest BCUT2D eigenvalue weighted by Crippen LogP contribution is 2.51. The van der Waals surface area contributed by atoms with Crippen molar-refractivity contribution < 1.29 is 19.8 Å². The van der Waals surface area contributed by atoms with Crippen LogP contribution >= 0.6 is 23.1 Å². The van der Waals surface area contributed by atoms with Gasteiger partial charge in [-0.1, -0.05) is 23.1 Å². The van der Waals surface area contributed by atoms with Crippen molar-refractivity contribution in [2.45, 2.75) is 19.2 Å². The van der Waals surface area contributed by atoms with E-state index in [9.17, 15) is 19.8 Å². The third-order valence-corrected chi connectivity index (χ3v) is 6.77. The van der Waals surface area contributed by atoms with E-state index in [1.807, 2.05) is 0 Å². The Hall–Kier alpha value is -2.10. The van der Waals surface area contributed by atoms with E-state index in [1.165, 1.54) is 48.2 Å². The number of aryl methyl sites for hydroxylation is 1. The molecule has 0 saturated carbocycles. The molecule has 1 fully saturated rings. The minimum Gasteiger partial charge on any atom is -0.508 e. The summed E-state index contributed by atoms with van der Waals surface area (Å²) in [5.41, 5.74) is 6.00. The molecule has 2 unspecified atom stereocenters. The molecule has 2 heterocycles. The maximum absolute atomic E-state index is 12.7. The lowest BCUT2D eigenvalue weighted by Crippen LogP contribution is -2.52. The second-order valence-corrected chi connectivity index (χ2v) is 8.21. The quantitative estimate of drug-likeness (QED) is 0.556. The van der Waals surface area contributed by atoms with Crippen LogP contribution in [0.15, 0.2) is 18.2 Å².